The van der Waals surface area contributed by atoms with E-state index in [4.69, 9.17) is 17.2 Å². The molecule has 1 fully saturated rings. The fourth-order valence-corrected chi connectivity index (χ4v) is 4.29. The molecule has 13 nitrogen and oxygen atoms in total. The van der Waals surface area contributed by atoms with Gasteiger partial charge >= 0.3 is 5.97 Å². The van der Waals surface area contributed by atoms with Crippen LogP contribution in [0.3, 0.4) is 0 Å². The molecule has 13 heteroatoms. The second-order valence-corrected chi connectivity index (χ2v) is 9.42. The summed E-state index contributed by atoms with van der Waals surface area (Å²) >= 11 is 0. The Hall–Kier alpha value is -3.71. The smallest absolute Gasteiger partial charge is 0.326 e. The first-order valence-corrected chi connectivity index (χ1v) is 12.7. The number of unbranched alkanes of at least 4 members (excludes halogenated alkanes) is 1. The van der Waals surface area contributed by atoms with Crippen molar-refractivity contribution in [1.82, 2.24) is 15.5 Å². The molecule has 4 amide bonds. The van der Waals surface area contributed by atoms with Crippen LogP contribution in [0.2, 0.25) is 0 Å². The molecule has 4 atom stereocenters. The standard InChI is InChI=1S/C25H38N6O7/c26-12-2-1-4-18(24(36)31-13-3-5-20(31)25(37)38)29-23(35)19(14-15-6-8-16(32)9-7-15)30-22(34)17(27)10-11-21(28)33/h6-9,17-20,32H,1-5,10-14,26-27H2,(H2,28,33)(H,29,35)(H,30,34)(H,37,38). The van der Waals surface area contributed by atoms with Gasteiger partial charge in [-0.1, -0.05) is 12.1 Å². The first kappa shape index (κ1) is 30.5. The number of likely N-dealkylation sites (tertiary alicyclic amines) is 1. The first-order valence-electron chi connectivity index (χ1n) is 12.7. The summed E-state index contributed by atoms with van der Waals surface area (Å²) in [4.78, 5) is 63.4. The minimum absolute atomic E-state index is 0.0134. The SMILES string of the molecule is NCCCCC(NC(=O)C(Cc1ccc(O)cc1)NC(=O)C(N)CCC(N)=O)C(=O)N1CCCC1C(=O)O. The Morgan fingerprint density at radius 1 is 1.00 bits per heavy atom. The molecule has 1 aliphatic heterocycles. The number of carbonyl (C=O) groups is 5. The summed E-state index contributed by atoms with van der Waals surface area (Å²) < 4.78 is 0. The Morgan fingerprint density at radius 2 is 1.66 bits per heavy atom. The van der Waals surface area contributed by atoms with E-state index in [0.717, 1.165) is 0 Å². The number of aromatic hydroxyl groups is 1. The molecule has 0 bridgehead atoms. The highest BCUT2D eigenvalue weighted by Crippen LogP contribution is 2.20. The van der Waals surface area contributed by atoms with Crippen molar-refractivity contribution < 1.29 is 34.2 Å². The summed E-state index contributed by atoms with van der Waals surface area (Å²) in [6, 6.07) is 1.81. The van der Waals surface area contributed by atoms with Crippen LogP contribution in [0.15, 0.2) is 24.3 Å². The van der Waals surface area contributed by atoms with Crippen molar-refractivity contribution in [2.24, 2.45) is 17.2 Å². The van der Waals surface area contributed by atoms with Gasteiger partial charge in [0.1, 0.15) is 23.9 Å². The molecule has 38 heavy (non-hydrogen) atoms. The van der Waals surface area contributed by atoms with E-state index in [1.165, 1.54) is 17.0 Å². The lowest BCUT2D eigenvalue weighted by atomic mass is 10.0. The quantitative estimate of drug-likeness (QED) is 0.132. The Balaban J connectivity index is 2.23. The number of nitrogens with one attached hydrogen (secondary N) is 2. The van der Waals surface area contributed by atoms with Gasteiger partial charge in [0.2, 0.25) is 23.6 Å². The van der Waals surface area contributed by atoms with Crippen LogP contribution in [0.5, 0.6) is 5.75 Å². The zero-order chi connectivity index (χ0) is 28.2. The highest BCUT2D eigenvalue weighted by Gasteiger charge is 2.38. The summed E-state index contributed by atoms with van der Waals surface area (Å²) in [7, 11) is 0. The van der Waals surface area contributed by atoms with Crippen LogP contribution in [-0.4, -0.2) is 82.0 Å². The van der Waals surface area contributed by atoms with Crippen LogP contribution in [0, 0.1) is 0 Å². The molecule has 0 spiro atoms. The zero-order valence-electron chi connectivity index (χ0n) is 21.3. The van der Waals surface area contributed by atoms with E-state index in [1.54, 1.807) is 12.1 Å². The third-order valence-electron chi connectivity index (χ3n) is 6.43. The molecule has 0 aliphatic carbocycles. The van der Waals surface area contributed by atoms with Crippen molar-refractivity contribution in [2.75, 3.05) is 13.1 Å². The topological polar surface area (TPSA) is 231 Å². The zero-order valence-corrected chi connectivity index (χ0v) is 21.3. The number of nitrogens with zero attached hydrogens (tertiary/aromatic N) is 1. The highest BCUT2D eigenvalue weighted by molar-refractivity contribution is 5.94. The van der Waals surface area contributed by atoms with Crippen molar-refractivity contribution in [3.8, 4) is 5.75 Å². The lowest BCUT2D eigenvalue weighted by Gasteiger charge is -2.29. The van der Waals surface area contributed by atoms with Crippen LogP contribution < -0.4 is 27.8 Å². The first-order chi connectivity index (χ1) is 18.0. The van der Waals surface area contributed by atoms with Crippen LogP contribution in [0.1, 0.15) is 50.5 Å². The molecular weight excluding hydrogens is 496 g/mol. The van der Waals surface area contributed by atoms with Gasteiger partial charge in [0.15, 0.2) is 0 Å². The number of amides is 4. The predicted molar refractivity (Wildman–Crippen MR) is 137 cm³/mol. The molecule has 0 radical (unpaired) electrons. The summed E-state index contributed by atoms with van der Waals surface area (Å²) in [5, 5.41) is 24.4. The van der Waals surface area contributed by atoms with Crippen molar-refractivity contribution in [3.05, 3.63) is 29.8 Å². The predicted octanol–water partition coefficient (Wildman–Crippen LogP) is -1.30. The molecule has 210 valence electrons. The van der Waals surface area contributed by atoms with Crippen molar-refractivity contribution in [2.45, 2.75) is 75.5 Å². The number of phenolic OH excluding ortho intramolecular Hbond substituents is 1. The Kier molecular flexibility index (Phi) is 12.0. The average Bonchev–Trinajstić information content (AvgIpc) is 3.37. The summed E-state index contributed by atoms with van der Waals surface area (Å²) in [6.07, 6.45) is 2.12. The van der Waals surface area contributed by atoms with E-state index >= 15 is 0 Å². The van der Waals surface area contributed by atoms with Gasteiger partial charge < -0.3 is 42.9 Å². The minimum Gasteiger partial charge on any atom is -0.508 e. The number of primary amides is 1. The Morgan fingerprint density at radius 3 is 2.26 bits per heavy atom. The number of hydrogen-bond acceptors (Lipinski definition) is 8. The lowest BCUT2D eigenvalue weighted by Crippen LogP contribution is -2.57. The fourth-order valence-electron chi connectivity index (χ4n) is 4.29. The van der Waals surface area contributed by atoms with E-state index in [9.17, 15) is 34.2 Å². The van der Waals surface area contributed by atoms with E-state index < -0.39 is 53.8 Å². The molecule has 2 rings (SSSR count). The maximum Gasteiger partial charge on any atom is 0.326 e. The Bertz CT molecular complexity index is 987. The van der Waals surface area contributed by atoms with E-state index in [-0.39, 0.29) is 38.0 Å². The number of rotatable bonds is 15. The Labute approximate surface area is 221 Å². The monoisotopic (exact) mass is 534 g/mol. The van der Waals surface area contributed by atoms with Gasteiger partial charge in [0.05, 0.1) is 6.04 Å². The molecule has 10 N–H and O–H groups in total. The molecule has 1 heterocycles. The summed E-state index contributed by atoms with van der Waals surface area (Å²) in [5.41, 5.74) is 17.2. The van der Waals surface area contributed by atoms with Crippen LogP contribution in [0.25, 0.3) is 0 Å². The van der Waals surface area contributed by atoms with Crippen molar-refractivity contribution >= 4 is 29.6 Å². The van der Waals surface area contributed by atoms with Crippen molar-refractivity contribution in [1.29, 1.82) is 0 Å². The lowest BCUT2D eigenvalue weighted by molar-refractivity contribution is -0.149. The van der Waals surface area contributed by atoms with Crippen LogP contribution in [-0.2, 0) is 30.4 Å². The van der Waals surface area contributed by atoms with Crippen LogP contribution in [0.4, 0.5) is 0 Å². The second-order valence-electron chi connectivity index (χ2n) is 9.42. The minimum atomic E-state index is -1.15. The number of phenols is 1. The normalized spacial score (nSPS) is 17.3. The molecule has 1 saturated heterocycles. The number of hydrogen-bond donors (Lipinski definition) is 7. The van der Waals surface area contributed by atoms with Gasteiger partial charge in [-0.15, -0.1) is 0 Å². The van der Waals surface area contributed by atoms with E-state index in [0.29, 0.717) is 37.8 Å². The number of carbonyl (C=O) groups excluding carboxylic acids is 4. The number of carboxylic acids is 1. The number of aliphatic carboxylic acids is 1. The van der Waals surface area contributed by atoms with Gasteiger partial charge in [-0.3, -0.25) is 19.2 Å². The molecule has 0 saturated carbocycles. The van der Waals surface area contributed by atoms with Gasteiger partial charge in [0, 0.05) is 19.4 Å². The van der Waals surface area contributed by atoms with E-state index in [2.05, 4.69) is 10.6 Å². The number of benzene rings is 1. The second kappa shape index (κ2) is 14.9. The van der Waals surface area contributed by atoms with Crippen LogP contribution >= 0.6 is 0 Å². The molecule has 1 aromatic carbocycles. The highest BCUT2D eigenvalue weighted by atomic mass is 16.4. The summed E-state index contributed by atoms with van der Waals surface area (Å²) in [5.74, 6) is -3.55. The molecule has 1 aromatic rings. The molecule has 1 aliphatic rings. The molecule has 4 unspecified atom stereocenters. The van der Waals surface area contributed by atoms with Gasteiger partial charge in [-0.25, -0.2) is 4.79 Å². The number of nitrogens with two attached hydrogens (primary N) is 3. The molecular formula is C25H38N6O7. The largest absolute Gasteiger partial charge is 0.508 e. The maximum atomic E-state index is 13.4. The molecule has 0 aromatic heterocycles. The number of carboxylic acid groups (broad SMARTS) is 1. The van der Waals surface area contributed by atoms with Gasteiger partial charge in [0.25, 0.3) is 0 Å². The maximum absolute atomic E-state index is 13.4. The van der Waals surface area contributed by atoms with Gasteiger partial charge in [-0.05, 0) is 62.8 Å². The van der Waals surface area contributed by atoms with E-state index in [1.807, 2.05) is 0 Å². The summed E-state index contributed by atoms with van der Waals surface area (Å²) in [6.45, 7) is 0.653. The fraction of sp³-hybridized carbons (Fsp3) is 0.560. The van der Waals surface area contributed by atoms with Gasteiger partial charge in [-0.2, -0.15) is 0 Å². The average molecular weight is 535 g/mol. The van der Waals surface area contributed by atoms with Crippen molar-refractivity contribution in [3.63, 3.8) is 0 Å². The third-order valence-corrected chi connectivity index (χ3v) is 6.43. The third kappa shape index (κ3) is 9.30.